The molecule has 6 nitrogen and oxygen atoms in total. The first-order chi connectivity index (χ1) is 11.7. The summed E-state index contributed by atoms with van der Waals surface area (Å²) in [7, 11) is 0. The van der Waals surface area contributed by atoms with E-state index < -0.39 is 6.10 Å². The first-order valence-corrected chi connectivity index (χ1v) is 8.28. The fourth-order valence-electron chi connectivity index (χ4n) is 1.98. The van der Waals surface area contributed by atoms with Crippen molar-refractivity contribution < 1.29 is 18.7 Å². The van der Waals surface area contributed by atoms with E-state index in [0.717, 1.165) is 5.76 Å². The Kier molecular flexibility index (Phi) is 5.50. The lowest BCUT2D eigenvalue weighted by Crippen LogP contribution is -2.20. The average molecular weight is 349 g/mol. The Balaban J connectivity index is 1.47. The van der Waals surface area contributed by atoms with Crippen molar-refractivity contribution in [1.82, 2.24) is 14.8 Å². The van der Waals surface area contributed by atoms with Crippen molar-refractivity contribution >= 4 is 11.8 Å². The third-order valence-corrected chi connectivity index (χ3v) is 4.27. The van der Waals surface area contributed by atoms with Gasteiger partial charge in [-0.1, -0.05) is 11.8 Å². The van der Waals surface area contributed by atoms with Gasteiger partial charge in [-0.2, -0.15) is 0 Å². The highest BCUT2D eigenvalue weighted by Crippen LogP contribution is 2.18. The minimum atomic E-state index is -0.686. The topological polar surface area (TPSA) is 73.3 Å². The molecule has 0 fully saturated rings. The lowest BCUT2D eigenvalue weighted by Gasteiger charge is -2.12. The number of halogens is 1. The van der Waals surface area contributed by atoms with Gasteiger partial charge in [0.2, 0.25) is 0 Å². The van der Waals surface area contributed by atoms with Gasteiger partial charge < -0.3 is 18.8 Å². The van der Waals surface area contributed by atoms with Crippen molar-refractivity contribution in [3.05, 3.63) is 60.6 Å². The number of thioether (sulfide) groups is 1. The van der Waals surface area contributed by atoms with Crippen LogP contribution in [0.1, 0.15) is 5.76 Å². The third-order valence-electron chi connectivity index (χ3n) is 3.15. The fraction of sp³-hybridized carbons (Fsp3) is 0.250. The van der Waals surface area contributed by atoms with Gasteiger partial charge in [0.15, 0.2) is 5.16 Å². The summed E-state index contributed by atoms with van der Waals surface area (Å²) in [6, 6.07) is 9.37. The predicted molar refractivity (Wildman–Crippen MR) is 86.5 cm³/mol. The van der Waals surface area contributed by atoms with E-state index in [1.807, 2.05) is 16.7 Å². The highest BCUT2D eigenvalue weighted by Gasteiger charge is 2.11. The van der Waals surface area contributed by atoms with Gasteiger partial charge >= 0.3 is 0 Å². The number of aliphatic hydroxyl groups excluding tert-OH is 1. The molecule has 0 saturated carbocycles. The van der Waals surface area contributed by atoms with Crippen LogP contribution in [-0.4, -0.2) is 38.3 Å². The van der Waals surface area contributed by atoms with E-state index in [-0.39, 0.29) is 12.4 Å². The van der Waals surface area contributed by atoms with E-state index in [2.05, 4.69) is 10.2 Å². The van der Waals surface area contributed by atoms with Crippen molar-refractivity contribution in [3.63, 3.8) is 0 Å². The zero-order valence-electron chi connectivity index (χ0n) is 12.7. The van der Waals surface area contributed by atoms with Crippen LogP contribution < -0.4 is 4.74 Å². The molecular weight excluding hydrogens is 333 g/mol. The van der Waals surface area contributed by atoms with E-state index in [1.54, 1.807) is 12.6 Å². The SMILES string of the molecule is OC(COc1ccc(F)cc1)CSc1nncn1Cc1ccco1. The van der Waals surface area contributed by atoms with Crippen molar-refractivity contribution in [2.24, 2.45) is 0 Å². The minimum absolute atomic E-state index is 0.116. The van der Waals surface area contributed by atoms with Crippen LogP contribution >= 0.6 is 11.8 Å². The molecule has 1 N–H and O–H groups in total. The van der Waals surface area contributed by atoms with Gasteiger partial charge in [-0.3, -0.25) is 0 Å². The molecule has 1 aromatic carbocycles. The van der Waals surface area contributed by atoms with Crippen LogP contribution in [0.3, 0.4) is 0 Å². The summed E-state index contributed by atoms with van der Waals surface area (Å²) >= 11 is 1.38. The molecule has 1 unspecified atom stereocenters. The number of hydrogen-bond donors (Lipinski definition) is 1. The predicted octanol–water partition coefficient (Wildman–Crippen LogP) is 2.59. The maximum Gasteiger partial charge on any atom is 0.191 e. The second-order valence-corrected chi connectivity index (χ2v) is 6.04. The van der Waals surface area contributed by atoms with E-state index in [4.69, 9.17) is 9.15 Å². The highest BCUT2D eigenvalue weighted by molar-refractivity contribution is 7.99. The molecule has 126 valence electrons. The summed E-state index contributed by atoms with van der Waals surface area (Å²) in [4.78, 5) is 0. The smallest absolute Gasteiger partial charge is 0.191 e. The zero-order chi connectivity index (χ0) is 16.8. The van der Waals surface area contributed by atoms with Gasteiger partial charge in [-0.25, -0.2) is 4.39 Å². The summed E-state index contributed by atoms with van der Waals surface area (Å²) in [5.41, 5.74) is 0. The lowest BCUT2D eigenvalue weighted by atomic mass is 10.3. The second kappa shape index (κ2) is 7.98. The first-order valence-electron chi connectivity index (χ1n) is 7.30. The van der Waals surface area contributed by atoms with Gasteiger partial charge in [0.05, 0.1) is 18.9 Å². The van der Waals surface area contributed by atoms with Crippen molar-refractivity contribution in [2.75, 3.05) is 12.4 Å². The fourth-order valence-corrected chi connectivity index (χ4v) is 2.80. The van der Waals surface area contributed by atoms with Crippen LogP contribution in [0, 0.1) is 5.82 Å². The molecule has 0 radical (unpaired) electrons. The molecule has 2 aromatic heterocycles. The summed E-state index contributed by atoms with van der Waals surface area (Å²) in [6.45, 7) is 0.648. The van der Waals surface area contributed by atoms with Crippen LogP contribution in [0.15, 0.2) is 58.6 Å². The molecule has 0 amide bonds. The third kappa shape index (κ3) is 4.59. The number of aliphatic hydroxyl groups is 1. The Labute approximate surface area is 142 Å². The lowest BCUT2D eigenvalue weighted by molar-refractivity contribution is 0.126. The number of ether oxygens (including phenoxy) is 1. The van der Waals surface area contributed by atoms with Gasteiger partial charge in [0, 0.05) is 5.75 Å². The van der Waals surface area contributed by atoms with Crippen LogP contribution in [-0.2, 0) is 6.54 Å². The maximum absolute atomic E-state index is 12.8. The maximum atomic E-state index is 12.8. The Morgan fingerprint density at radius 3 is 2.88 bits per heavy atom. The van der Waals surface area contributed by atoms with Crippen LogP contribution in [0.2, 0.25) is 0 Å². The number of aromatic nitrogens is 3. The monoisotopic (exact) mass is 349 g/mol. The Bertz CT molecular complexity index is 746. The normalized spacial score (nSPS) is 12.2. The summed E-state index contributed by atoms with van der Waals surface area (Å²) in [6.07, 6.45) is 2.55. The molecule has 1 atom stereocenters. The highest BCUT2D eigenvalue weighted by atomic mass is 32.2. The summed E-state index contributed by atoms with van der Waals surface area (Å²) in [5, 5.41) is 18.6. The molecule has 0 saturated heterocycles. The molecule has 8 heteroatoms. The molecule has 3 aromatic rings. The van der Waals surface area contributed by atoms with E-state index >= 15 is 0 Å². The number of rotatable bonds is 8. The standard InChI is InChI=1S/C16H16FN3O3S/c17-12-3-5-14(6-4-12)23-9-13(21)10-24-16-19-18-11-20(16)8-15-2-1-7-22-15/h1-7,11,13,21H,8-10H2. The molecule has 0 aliphatic heterocycles. The van der Waals surface area contributed by atoms with Crippen molar-refractivity contribution in [3.8, 4) is 5.75 Å². The zero-order valence-corrected chi connectivity index (χ0v) is 13.5. The van der Waals surface area contributed by atoms with Crippen LogP contribution in [0.4, 0.5) is 4.39 Å². The van der Waals surface area contributed by atoms with Crippen LogP contribution in [0.25, 0.3) is 0 Å². The van der Waals surface area contributed by atoms with Crippen molar-refractivity contribution in [2.45, 2.75) is 17.8 Å². The molecule has 24 heavy (non-hydrogen) atoms. The van der Waals surface area contributed by atoms with Crippen molar-refractivity contribution in [1.29, 1.82) is 0 Å². The first kappa shape index (κ1) is 16.5. The Morgan fingerprint density at radius 2 is 2.12 bits per heavy atom. The van der Waals surface area contributed by atoms with E-state index in [0.29, 0.717) is 23.2 Å². The average Bonchev–Trinajstić information content (AvgIpc) is 3.25. The van der Waals surface area contributed by atoms with Crippen LogP contribution in [0.5, 0.6) is 5.75 Å². The van der Waals surface area contributed by atoms with Gasteiger partial charge in [0.25, 0.3) is 0 Å². The van der Waals surface area contributed by atoms with Gasteiger partial charge in [-0.05, 0) is 36.4 Å². The quantitative estimate of drug-likeness (QED) is 0.630. The van der Waals surface area contributed by atoms with E-state index in [1.165, 1.54) is 36.0 Å². The second-order valence-electron chi connectivity index (χ2n) is 5.05. The number of nitrogens with zero attached hydrogens (tertiary/aromatic N) is 3. The summed E-state index contributed by atoms with van der Waals surface area (Å²) < 4.78 is 25.4. The molecular formula is C16H16FN3O3S. The number of benzene rings is 1. The number of furan rings is 1. The largest absolute Gasteiger partial charge is 0.491 e. The Morgan fingerprint density at radius 1 is 1.29 bits per heavy atom. The molecule has 0 bridgehead atoms. The number of hydrogen-bond acceptors (Lipinski definition) is 6. The molecule has 0 spiro atoms. The molecule has 3 rings (SSSR count). The van der Waals surface area contributed by atoms with Gasteiger partial charge in [-0.15, -0.1) is 10.2 Å². The summed E-state index contributed by atoms with van der Waals surface area (Å²) in [5.74, 6) is 1.39. The van der Waals surface area contributed by atoms with Gasteiger partial charge in [0.1, 0.15) is 30.3 Å². The molecule has 0 aliphatic carbocycles. The molecule has 2 heterocycles. The Hall–Kier alpha value is -2.32. The molecule has 0 aliphatic rings. The van der Waals surface area contributed by atoms with E-state index in [9.17, 15) is 9.50 Å². The minimum Gasteiger partial charge on any atom is -0.491 e.